The lowest BCUT2D eigenvalue weighted by atomic mass is 9.98. The van der Waals surface area contributed by atoms with Gasteiger partial charge in [0.15, 0.2) is 6.20 Å². The van der Waals surface area contributed by atoms with Crippen LogP contribution in [0.1, 0.15) is 22.9 Å². The molecule has 0 saturated heterocycles. The second-order valence-electron chi connectivity index (χ2n) is 5.07. The van der Waals surface area contributed by atoms with Crippen LogP contribution in [-0.2, 0) is 11.3 Å². The summed E-state index contributed by atoms with van der Waals surface area (Å²) in [4.78, 5) is 13.9. The van der Waals surface area contributed by atoms with Crippen LogP contribution in [-0.4, -0.2) is 17.9 Å². The van der Waals surface area contributed by atoms with Crippen molar-refractivity contribution in [2.45, 2.75) is 19.5 Å². The Morgan fingerprint density at radius 3 is 2.63 bits per heavy atom. The number of amides is 1. The van der Waals surface area contributed by atoms with Crippen LogP contribution in [0.5, 0.6) is 0 Å². The summed E-state index contributed by atoms with van der Waals surface area (Å²) in [6.07, 6.45) is 1.97. The minimum atomic E-state index is 0.00282. The first-order valence-electron chi connectivity index (χ1n) is 6.47. The Hall–Kier alpha value is -2.16. The number of fused-ring (bicyclic) bond motifs is 1. The van der Waals surface area contributed by atoms with Crippen molar-refractivity contribution in [1.82, 2.24) is 4.90 Å². The van der Waals surface area contributed by atoms with Crippen LogP contribution in [0.2, 0.25) is 0 Å². The molecule has 3 rings (SSSR count). The van der Waals surface area contributed by atoms with E-state index in [2.05, 4.69) is 37.3 Å². The highest BCUT2D eigenvalue weighted by molar-refractivity contribution is 5.76. The molecule has 2 aromatic rings. The summed E-state index contributed by atoms with van der Waals surface area (Å²) in [5.74, 6) is 0.147. The van der Waals surface area contributed by atoms with Crippen LogP contribution in [0.3, 0.4) is 0 Å². The van der Waals surface area contributed by atoms with Crippen LogP contribution < -0.4 is 4.57 Å². The molecule has 1 amide bonds. The molecule has 0 aliphatic carbocycles. The van der Waals surface area contributed by atoms with Crippen molar-refractivity contribution >= 4 is 5.91 Å². The van der Waals surface area contributed by atoms with E-state index >= 15 is 0 Å². The van der Waals surface area contributed by atoms with Crippen molar-refractivity contribution in [3.8, 4) is 0 Å². The van der Waals surface area contributed by atoms with Gasteiger partial charge in [0, 0.05) is 19.2 Å². The molecule has 1 aromatic heterocycles. The Bertz CT molecular complexity index is 619. The van der Waals surface area contributed by atoms with Gasteiger partial charge in [0.1, 0.15) is 6.04 Å². The number of carbonyl (C=O) groups excluding carboxylic acids is 1. The lowest BCUT2D eigenvalue weighted by Crippen LogP contribution is -2.54. The summed E-state index contributed by atoms with van der Waals surface area (Å²) in [7, 11) is 1.88. The molecule has 1 unspecified atom stereocenters. The topological polar surface area (TPSA) is 24.2 Å². The fourth-order valence-electron chi connectivity index (χ4n) is 2.62. The number of aryl methyl sites for hydroxylation is 1. The van der Waals surface area contributed by atoms with Crippen molar-refractivity contribution in [2.24, 2.45) is 0 Å². The quantitative estimate of drug-likeness (QED) is 0.712. The highest BCUT2D eigenvalue weighted by atomic mass is 16.2. The van der Waals surface area contributed by atoms with Crippen molar-refractivity contribution in [3.05, 3.63) is 65.5 Å². The van der Waals surface area contributed by atoms with Gasteiger partial charge < -0.3 is 4.90 Å². The first-order chi connectivity index (χ1) is 9.16. The fourth-order valence-corrected chi connectivity index (χ4v) is 2.62. The molecule has 2 heterocycles. The monoisotopic (exact) mass is 253 g/mol. The average molecular weight is 253 g/mol. The van der Waals surface area contributed by atoms with Gasteiger partial charge in [-0.1, -0.05) is 35.9 Å². The lowest BCUT2D eigenvalue weighted by Gasteiger charge is -2.30. The van der Waals surface area contributed by atoms with Crippen molar-refractivity contribution in [2.75, 3.05) is 7.05 Å². The molecule has 0 spiro atoms. The zero-order valence-corrected chi connectivity index (χ0v) is 11.2. The standard InChI is InChI=1S/C16H17N2O/c1-12-6-8-13(9-7-12)16-14-5-3-4-10-18(14)11-15(19)17(16)2/h3-10,16H,11H2,1-2H3/q+1. The van der Waals surface area contributed by atoms with Gasteiger partial charge in [0.05, 0.1) is 0 Å². The Labute approximate surface area is 113 Å². The maximum absolute atomic E-state index is 12.1. The Balaban J connectivity index is 2.13. The van der Waals surface area contributed by atoms with E-state index in [1.165, 1.54) is 5.56 Å². The number of carbonyl (C=O) groups is 1. The first kappa shape index (κ1) is 11.9. The van der Waals surface area contributed by atoms with E-state index in [1.54, 1.807) is 0 Å². The van der Waals surface area contributed by atoms with Gasteiger partial charge in [-0.2, -0.15) is 4.57 Å². The minimum Gasteiger partial charge on any atom is -0.323 e. The van der Waals surface area contributed by atoms with Gasteiger partial charge in [-0.3, -0.25) is 4.79 Å². The molecule has 1 atom stereocenters. The molecule has 0 saturated carbocycles. The van der Waals surface area contributed by atoms with Gasteiger partial charge >= 0.3 is 0 Å². The fraction of sp³-hybridized carbons (Fsp3) is 0.250. The average Bonchev–Trinajstić information content (AvgIpc) is 2.42. The number of nitrogens with zero attached hydrogens (tertiary/aromatic N) is 2. The predicted molar refractivity (Wildman–Crippen MR) is 72.4 cm³/mol. The van der Waals surface area contributed by atoms with Crippen molar-refractivity contribution < 1.29 is 9.36 Å². The van der Waals surface area contributed by atoms with E-state index in [1.807, 2.05) is 34.8 Å². The molecule has 3 heteroatoms. The Morgan fingerprint density at radius 2 is 1.89 bits per heavy atom. The molecule has 1 aliphatic heterocycles. The van der Waals surface area contributed by atoms with Gasteiger partial charge in [-0.15, -0.1) is 0 Å². The highest BCUT2D eigenvalue weighted by Gasteiger charge is 2.36. The summed E-state index contributed by atoms with van der Waals surface area (Å²) in [6, 6.07) is 14.5. The number of rotatable bonds is 1. The molecule has 96 valence electrons. The van der Waals surface area contributed by atoms with E-state index in [9.17, 15) is 4.79 Å². The summed E-state index contributed by atoms with van der Waals surface area (Å²) < 4.78 is 2.03. The Morgan fingerprint density at radius 1 is 1.16 bits per heavy atom. The third-order valence-electron chi connectivity index (χ3n) is 3.74. The van der Waals surface area contributed by atoms with Crippen LogP contribution >= 0.6 is 0 Å². The molecule has 0 bridgehead atoms. The molecule has 1 aromatic carbocycles. The van der Waals surface area contributed by atoms with Crippen molar-refractivity contribution in [3.63, 3.8) is 0 Å². The van der Waals surface area contributed by atoms with E-state index < -0.39 is 0 Å². The van der Waals surface area contributed by atoms with Gasteiger partial charge in [0.25, 0.3) is 5.91 Å². The smallest absolute Gasteiger partial charge is 0.289 e. The first-order valence-corrected chi connectivity index (χ1v) is 6.47. The van der Waals surface area contributed by atoms with Crippen LogP contribution in [0.4, 0.5) is 0 Å². The summed E-state index contributed by atoms with van der Waals surface area (Å²) in [5.41, 5.74) is 3.55. The number of pyridine rings is 1. The molecule has 0 N–H and O–H groups in total. The second-order valence-corrected chi connectivity index (χ2v) is 5.07. The SMILES string of the molecule is Cc1ccc(C2c3cccc[n+]3CC(=O)N2C)cc1. The van der Waals surface area contributed by atoms with E-state index in [4.69, 9.17) is 0 Å². The third kappa shape index (κ3) is 2.01. The summed E-state index contributed by atoms with van der Waals surface area (Å²) >= 11 is 0. The zero-order valence-electron chi connectivity index (χ0n) is 11.2. The number of hydrogen-bond donors (Lipinski definition) is 0. The van der Waals surface area contributed by atoms with E-state index in [0.29, 0.717) is 6.54 Å². The predicted octanol–water partition coefficient (Wildman–Crippen LogP) is 1.84. The molecule has 0 fully saturated rings. The molecular weight excluding hydrogens is 236 g/mol. The maximum atomic E-state index is 12.1. The third-order valence-corrected chi connectivity index (χ3v) is 3.74. The molecule has 3 nitrogen and oxygen atoms in total. The summed E-state index contributed by atoms with van der Waals surface area (Å²) in [5, 5.41) is 0. The lowest BCUT2D eigenvalue weighted by molar-refractivity contribution is -0.699. The molecule has 19 heavy (non-hydrogen) atoms. The zero-order chi connectivity index (χ0) is 13.4. The normalized spacial score (nSPS) is 18.3. The maximum Gasteiger partial charge on any atom is 0.289 e. The number of likely N-dealkylation sites (N-methyl/N-ethyl adjacent to an activating group) is 1. The van der Waals surface area contributed by atoms with Gasteiger partial charge in [-0.25, -0.2) is 0 Å². The summed E-state index contributed by atoms with van der Waals surface area (Å²) in [6.45, 7) is 2.50. The van der Waals surface area contributed by atoms with Gasteiger partial charge in [0.2, 0.25) is 12.2 Å². The number of benzene rings is 1. The molecular formula is C16H17N2O+. The van der Waals surface area contributed by atoms with Crippen LogP contribution in [0, 0.1) is 6.92 Å². The highest BCUT2D eigenvalue weighted by Crippen LogP contribution is 2.27. The molecule has 0 radical (unpaired) electrons. The second kappa shape index (κ2) is 4.50. The minimum absolute atomic E-state index is 0.00282. The van der Waals surface area contributed by atoms with Gasteiger partial charge in [-0.05, 0) is 12.5 Å². The largest absolute Gasteiger partial charge is 0.323 e. The van der Waals surface area contributed by atoms with Crippen molar-refractivity contribution in [1.29, 1.82) is 0 Å². The van der Waals surface area contributed by atoms with Crippen LogP contribution in [0.15, 0.2) is 48.7 Å². The molecule has 1 aliphatic rings. The number of hydrogen-bond acceptors (Lipinski definition) is 1. The number of aromatic nitrogens is 1. The van der Waals surface area contributed by atoms with Crippen LogP contribution in [0.25, 0.3) is 0 Å². The van der Waals surface area contributed by atoms with E-state index in [0.717, 1.165) is 11.3 Å². The van der Waals surface area contributed by atoms with E-state index in [-0.39, 0.29) is 11.9 Å². The Kier molecular flexibility index (Phi) is 2.82.